The van der Waals surface area contributed by atoms with Crippen molar-refractivity contribution in [2.75, 3.05) is 46.1 Å². The second-order valence-corrected chi connectivity index (χ2v) is 6.87. The maximum absolute atomic E-state index is 10.5. The van der Waals surface area contributed by atoms with E-state index in [4.69, 9.17) is 19.6 Å². The van der Waals surface area contributed by atoms with Crippen LogP contribution in [0.15, 0.2) is 24.3 Å². The lowest BCUT2D eigenvalue weighted by molar-refractivity contribution is -0.142. The maximum atomic E-state index is 10.5. The summed E-state index contributed by atoms with van der Waals surface area (Å²) in [5.74, 6) is 0.688. The van der Waals surface area contributed by atoms with Crippen LogP contribution in [0.3, 0.4) is 0 Å². The molecule has 7 heteroatoms. The Kier molecular flexibility index (Phi) is 7.20. The summed E-state index contributed by atoms with van der Waals surface area (Å²) in [6, 6.07) is 8.30. The summed E-state index contributed by atoms with van der Waals surface area (Å²) in [6.45, 7) is 7.25. The number of carbonyl (C=O) groups is 1. The van der Waals surface area contributed by atoms with Gasteiger partial charge in [0.15, 0.2) is 0 Å². The van der Waals surface area contributed by atoms with Gasteiger partial charge in [0.1, 0.15) is 12.4 Å². The Morgan fingerprint density at radius 1 is 1.19 bits per heavy atom. The summed E-state index contributed by atoms with van der Waals surface area (Å²) in [6.07, 6.45) is 2.10. The Bertz CT molecular complexity index is 738. The molecule has 0 bridgehead atoms. The molecule has 0 amide bonds. The molecule has 7 nitrogen and oxygen atoms in total. The number of hydrogen-bond acceptors (Lipinski definition) is 5. The molecule has 2 aromatic rings. The first-order chi connectivity index (χ1) is 13.2. The second kappa shape index (κ2) is 9.82. The molecular formula is C20H29N3O4. The molecular weight excluding hydrogens is 346 g/mol. The molecule has 1 aliphatic rings. The topological polar surface area (TPSA) is 76.8 Å². The summed E-state index contributed by atoms with van der Waals surface area (Å²) < 4.78 is 13.0. The van der Waals surface area contributed by atoms with Gasteiger partial charge in [0.25, 0.3) is 0 Å². The number of piperidine rings is 1. The van der Waals surface area contributed by atoms with Crippen LogP contribution in [0.1, 0.15) is 31.5 Å². The van der Waals surface area contributed by atoms with Crippen molar-refractivity contribution in [2.24, 2.45) is 0 Å². The number of para-hydroxylation sites is 2. The molecule has 0 radical (unpaired) electrons. The van der Waals surface area contributed by atoms with Gasteiger partial charge >= 0.3 is 5.97 Å². The highest BCUT2D eigenvalue weighted by atomic mass is 16.5. The van der Waals surface area contributed by atoms with Crippen molar-refractivity contribution in [3.8, 4) is 0 Å². The van der Waals surface area contributed by atoms with E-state index in [0.717, 1.165) is 57.0 Å². The van der Waals surface area contributed by atoms with E-state index in [1.165, 1.54) is 5.52 Å². The number of ether oxygens (including phenoxy) is 2. The predicted molar refractivity (Wildman–Crippen MR) is 103 cm³/mol. The third-order valence-corrected chi connectivity index (χ3v) is 5.08. The van der Waals surface area contributed by atoms with E-state index in [9.17, 15) is 4.79 Å². The third-order valence-electron chi connectivity index (χ3n) is 5.08. The number of benzene rings is 1. The summed E-state index contributed by atoms with van der Waals surface area (Å²) in [5, 5.41) is 8.62. The van der Waals surface area contributed by atoms with Crippen LogP contribution in [-0.2, 0) is 20.8 Å². The molecule has 0 atom stereocenters. The monoisotopic (exact) mass is 375 g/mol. The fraction of sp³-hybridized carbons (Fsp3) is 0.600. The first-order valence-electron chi connectivity index (χ1n) is 9.73. The molecule has 0 spiro atoms. The van der Waals surface area contributed by atoms with Gasteiger partial charge in [-0.3, -0.25) is 0 Å². The molecule has 0 aliphatic carbocycles. The highest BCUT2D eigenvalue weighted by Gasteiger charge is 2.25. The fourth-order valence-corrected chi connectivity index (χ4v) is 3.71. The molecule has 0 unspecified atom stereocenters. The first-order valence-corrected chi connectivity index (χ1v) is 9.73. The number of likely N-dealkylation sites (tertiary alicyclic amines) is 1. The van der Waals surface area contributed by atoms with E-state index < -0.39 is 5.97 Å². The zero-order chi connectivity index (χ0) is 19.1. The van der Waals surface area contributed by atoms with Crippen molar-refractivity contribution in [1.29, 1.82) is 0 Å². The third kappa shape index (κ3) is 5.28. The van der Waals surface area contributed by atoms with Crippen LogP contribution >= 0.6 is 0 Å². The Morgan fingerprint density at radius 3 is 2.67 bits per heavy atom. The zero-order valence-electron chi connectivity index (χ0n) is 16.0. The molecule has 0 saturated carbocycles. The van der Waals surface area contributed by atoms with Gasteiger partial charge in [-0.05, 0) is 45.0 Å². The van der Waals surface area contributed by atoms with Gasteiger partial charge in [0, 0.05) is 25.6 Å². The van der Waals surface area contributed by atoms with Crippen LogP contribution in [0.5, 0.6) is 0 Å². The molecule has 27 heavy (non-hydrogen) atoms. The molecule has 1 N–H and O–H groups in total. The highest BCUT2D eigenvalue weighted by molar-refractivity contribution is 5.76. The zero-order valence-corrected chi connectivity index (χ0v) is 16.0. The van der Waals surface area contributed by atoms with E-state index in [0.29, 0.717) is 19.1 Å². The Morgan fingerprint density at radius 2 is 1.93 bits per heavy atom. The van der Waals surface area contributed by atoms with E-state index >= 15 is 0 Å². The maximum Gasteiger partial charge on any atom is 0.329 e. The Balaban J connectivity index is 1.60. The summed E-state index contributed by atoms with van der Waals surface area (Å²) >= 11 is 0. The van der Waals surface area contributed by atoms with Crippen LogP contribution in [-0.4, -0.2) is 71.6 Å². The van der Waals surface area contributed by atoms with Crippen molar-refractivity contribution in [1.82, 2.24) is 14.5 Å². The van der Waals surface area contributed by atoms with Crippen LogP contribution in [0, 0.1) is 0 Å². The SMILES string of the molecule is CCOCCn1c(C2CCN(CCOCC(=O)O)CC2)nc2ccccc21. The van der Waals surface area contributed by atoms with Gasteiger partial charge in [-0.2, -0.15) is 0 Å². The lowest BCUT2D eigenvalue weighted by Gasteiger charge is -2.31. The van der Waals surface area contributed by atoms with Gasteiger partial charge in [-0.25, -0.2) is 9.78 Å². The number of nitrogens with zero attached hydrogens (tertiary/aromatic N) is 3. The number of carboxylic acid groups (broad SMARTS) is 1. The smallest absolute Gasteiger partial charge is 0.329 e. The van der Waals surface area contributed by atoms with Gasteiger partial charge in [0.05, 0.1) is 24.2 Å². The Labute approximate surface area is 159 Å². The fourth-order valence-electron chi connectivity index (χ4n) is 3.71. The molecule has 3 rings (SSSR count). The van der Waals surface area contributed by atoms with Crippen LogP contribution in [0.4, 0.5) is 0 Å². The van der Waals surface area contributed by atoms with E-state index in [-0.39, 0.29) is 6.61 Å². The largest absolute Gasteiger partial charge is 0.480 e. The standard InChI is InChI=1S/C20H29N3O4/c1-2-26-14-12-23-18-6-4-3-5-17(18)21-20(23)16-7-9-22(10-8-16)11-13-27-15-19(24)25/h3-6,16H,2,7-15H2,1H3,(H,24,25). The van der Waals surface area contributed by atoms with Gasteiger partial charge in [-0.15, -0.1) is 0 Å². The van der Waals surface area contributed by atoms with Gasteiger partial charge in [0.2, 0.25) is 0 Å². The van der Waals surface area contributed by atoms with Crippen molar-refractivity contribution < 1.29 is 19.4 Å². The van der Waals surface area contributed by atoms with Crippen LogP contribution < -0.4 is 0 Å². The van der Waals surface area contributed by atoms with Gasteiger partial charge in [-0.1, -0.05) is 12.1 Å². The minimum Gasteiger partial charge on any atom is -0.480 e. The lowest BCUT2D eigenvalue weighted by atomic mass is 9.96. The summed E-state index contributed by atoms with van der Waals surface area (Å²) in [4.78, 5) is 17.8. The molecule has 1 aromatic heterocycles. The van der Waals surface area contributed by atoms with E-state index in [1.807, 2.05) is 13.0 Å². The number of aromatic nitrogens is 2. The first kappa shape index (κ1) is 19.8. The van der Waals surface area contributed by atoms with Crippen molar-refractivity contribution in [3.63, 3.8) is 0 Å². The molecule has 148 valence electrons. The average molecular weight is 375 g/mol. The number of imidazole rings is 1. The minimum absolute atomic E-state index is 0.222. The van der Waals surface area contributed by atoms with Crippen molar-refractivity contribution in [3.05, 3.63) is 30.1 Å². The number of rotatable bonds is 10. The summed E-state index contributed by atoms with van der Waals surface area (Å²) in [7, 11) is 0. The number of fused-ring (bicyclic) bond motifs is 1. The highest BCUT2D eigenvalue weighted by Crippen LogP contribution is 2.30. The molecule has 1 aliphatic heterocycles. The number of hydrogen-bond donors (Lipinski definition) is 1. The van der Waals surface area contributed by atoms with E-state index in [1.54, 1.807) is 0 Å². The predicted octanol–water partition coefficient (Wildman–Crippen LogP) is 2.35. The van der Waals surface area contributed by atoms with Crippen LogP contribution in [0.2, 0.25) is 0 Å². The Hall–Kier alpha value is -1.96. The quantitative estimate of drug-likeness (QED) is 0.643. The molecule has 2 heterocycles. The normalized spacial score (nSPS) is 16.2. The second-order valence-electron chi connectivity index (χ2n) is 6.87. The minimum atomic E-state index is -0.917. The molecule has 1 fully saturated rings. The van der Waals surface area contributed by atoms with Crippen molar-refractivity contribution in [2.45, 2.75) is 32.2 Å². The van der Waals surface area contributed by atoms with Crippen molar-refractivity contribution >= 4 is 17.0 Å². The molecule has 1 saturated heterocycles. The van der Waals surface area contributed by atoms with E-state index in [2.05, 4.69) is 27.7 Å². The van der Waals surface area contributed by atoms with Crippen LogP contribution in [0.25, 0.3) is 11.0 Å². The molecule has 1 aromatic carbocycles. The number of carboxylic acids is 1. The summed E-state index contributed by atoms with van der Waals surface area (Å²) in [5.41, 5.74) is 2.23. The number of aliphatic carboxylic acids is 1. The lowest BCUT2D eigenvalue weighted by Crippen LogP contribution is -2.36. The average Bonchev–Trinajstić information content (AvgIpc) is 3.05. The van der Waals surface area contributed by atoms with Gasteiger partial charge < -0.3 is 24.0 Å².